The third-order valence-corrected chi connectivity index (χ3v) is 3.31. The molecule has 0 radical (unpaired) electrons. The lowest BCUT2D eigenvalue weighted by Crippen LogP contribution is -2.49. The Labute approximate surface area is 100 Å². The number of carbonyl (C=O) groups excluding carboxylic acids is 1. The Bertz CT molecular complexity index is 387. The molecule has 1 aromatic rings. The summed E-state index contributed by atoms with van der Waals surface area (Å²) in [7, 11) is 0. The SMILES string of the molecule is CC(C(=O)NCc1ccc(F)cc1)C1CNC1. The van der Waals surface area contributed by atoms with Crippen molar-refractivity contribution < 1.29 is 9.18 Å². The normalized spacial score (nSPS) is 17.3. The average molecular weight is 236 g/mol. The number of carbonyl (C=O) groups is 1. The summed E-state index contributed by atoms with van der Waals surface area (Å²) in [5, 5.41) is 6.03. The second-order valence-electron chi connectivity index (χ2n) is 4.55. The van der Waals surface area contributed by atoms with Gasteiger partial charge in [0.1, 0.15) is 5.82 Å². The monoisotopic (exact) mass is 236 g/mol. The zero-order valence-electron chi connectivity index (χ0n) is 9.87. The van der Waals surface area contributed by atoms with Crippen LogP contribution in [-0.4, -0.2) is 19.0 Å². The lowest BCUT2D eigenvalue weighted by atomic mass is 9.88. The molecule has 1 aliphatic heterocycles. The lowest BCUT2D eigenvalue weighted by Gasteiger charge is -2.31. The van der Waals surface area contributed by atoms with Crippen LogP contribution in [0.5, 0.6) is 0 Å². The fraction of sp³-hybridized carbons (Fsp3) is 0.462. The third-order valence-electron chi connectivity index (χ3n) is 3.31. The quantitative estimate of drug-likeness (QED) is 0.827. The van der Waals surface area contributed by atoms with E-state index in [0.29, 0.717) is 12.5 Å². The van der Waals surface area contributed by atoms with Gasteiger partial charge in [0.2, 0.25) is 5.91 Å². The van der Waals surface area contributed by atoms with Crippen molar-refractivity contribution in [1.82, 2.24) is 10.6 Å². The summed E-state index contributed by atoms with van der Waals surface area (Å²) in [5.74, 6) is 0.301. The van der Waals surface area contributed by atoms with E-state index < -0.39 is 0 Å². The molecule has 1 aliphatic rings. The van der Waals surface area contributed by atoms with Gasteiger partial charge in [0.05, 0.1) is 0 Å². The van der Waals surface area contributed by atoms with Crippen molar-refractivity contribution in [2.24, 2.45) is 11.8 Å². The molecule has 1 fully saturated rings. The van der Waals surface area contributed by atoms with Gasteiger partial charge in [-0.3, -0.25) is 4.79 Å². The molecule has 0 spiro atoms. The number of rotatable bonds is 4. The summed E-state index contributed by atoms with van der Waals surface area (Å²) in [6.07, 6.45) is 0. The van der Waals surface area contributed by atoms with Crippen molar-refractivity contribution in [3.63, 3.8) is 0 Å². The number of hydrogen-bond acceptors (Lipinski definition) is 2. The minimum Gasteiger partial charge on any atom is -0.352 e. The van der Waals surface area contributed by atoms with Crippen LogP contribution in [-0.2, 0) is 11.3 Å². The molecule has 1 aromatic carbocycles. The highest BCUT2D eigenvalue weighted by Gasteiger charge is 2.28. The van der Waals surface area contributed by atoms with Crippen LogP contribution < -0.4 is 10.6 Å². The molecule has 0 saturated carbocycles. The molecule has 3 nitrogen and oxygen atoms in total. The van der Waals surface area contributed by atoms with Crippen LogP contribution in [0.3, 0.4) is 0 Å². The molecule has 1 unspecified atom stereocenters. The first kappa shape index (κ1) is 12.0. The predicted molar refractivity (Wildman–Crippen MR) is 63.8 cm³/mol. The summed E-state index contributed by atoms with van der Waals surface area (Å²) in [5.41, 5.74) is 0.915. The fourth-order valence-electron chi connectivity index (χ4n) is 1.83. The maximum atomic E-state index is 12.7. The summed E-state index contributed by atoms with van der Waals surface area (Å²) in [6.45, 7) is 4.26. The van der Waals surface area contributed by atoms with Gasteiger partial charge in [-0.05, 0) is 36.7 Å². The van der Waals surface area contributed by atoms with Gasteiger partial charge in [-0.1, -0.05) is 19.1 Å². The summed E-state index contributed by atoms with van der Waals surface area (Å²) in [4.78, 5) is 11.8. The number of amides is 1. The molecule has 17 heavy (non-hydrogen) atoms. The first-order valence-corrected chi connectivity index (χ1v) is 5.89. The van der Waals surface area contributed by atoms with Crippen molar-refractivity contribution in [3.05, 3.63) is 35.6 Å². The van der Waals surface area contributed by atoms with Gasteiger partial charge < -0.3 is 10.6 Å². The van der Waals surface area contributed by atoms with Crippen LogP contribution in [0.4, 0.5) is 4.39 Å². The molecule has 2 rings (SSSR count). The summed E-state index contributed by atoms with van der Waals surface area (Å²) < 4.78 is 12.7. The summed E-state index contributed by atoms with van der Waals surface area (Å²) >= 11 is 0. The Kier molecular flexibility index (Phi) is 3.74. The standard InChI is InChI=1S/C13H17FN2O/c1-9(11-7-15-8-11)13(17)16-6-10-2-4-12(14)5-3-10/h2-5,9,11,15H,6-8H2,1H3,(H,16,17). The van der Waals surface area contributed by atoms with Crippen LogP contribution >= 0.6 is 0 Å². The van der Waals surface area contributed by atoms with Crippen molar-refractivity contribution in [3.8, 4) is 0 Å². The van der Waals surface area contributed by atoms with Crippen LogP contribution in [0.1, 0.15) is 12.5 Å². The van der Waals surface area contributed by atoms with E-state index in [2.05, 4.69) is 10.6 Å². The first-order valence-electron chi connectivity index (χ1n) is 5.89. The Balaban J connectivity index is 1.81. The van der Waals surface area contributed by atoms with Gasteiger partial charge in [-0.15, -0.1) is 0 Å². The van der Waals surface area contributed by atoms with Gasteiger partial charge in [0.25, 0.3) is 0 Å². The minimum absolute atomic E-state index is 0.0386. The Morgan fingerprint density at radius 1 is 1.47 bits per heavy atom. The van der Waals surface area contributed by atoms with Gasteiger partial charge >= 0.3 is 0 Å². The van der Waals surface area contributed by atoms with E-state index in [1.165, 1.54) is 12.1 Å². The largest absolute Gasteiger partial charge is 0.352 e. The molecule has 1 amide bonds. The molecule has 0 bridgehead atoms. The highest BCUT2D eigenvalue weighted by Crippen LogP contribution is 2.15. The second kappa shape index (κ2) is 5.27. The lowest BCUT2D eigenvalue weighted by molar-refractivity contribution is -0.126. The topological polar surface area (TPSA) is 41.1 Å². The van der Waals surface area contributed by atoms with E-state index in [9.17, 15) is 9.18 Å². The smallest absolute Gasteiger partial charge is 0.223 e. The molecule has 1 heterocycles. The molecule has 2 N–H and O–H groups in total. The van der Waals surface area contributed by atoms with Crippen LogP contribution in [0.2, 0.25) is 0 Å². The highest BCUT2D eigenvalue weighted by molar-refractivity contribution is 5.78. The molecule has 92 valence electrons. The van der Waals surface area contributed by atoms with Crippen molar-refractivity contribution in [1.29, 1.82) is 0 Å². The number of nitrogens with one attached hydrogen (secondary N) is 2. The van der Waals surface area contributed by atoms with Crippen LogP contribution in [0.15, 0.2) is 24.3 Å². The zero-order chi connectivity index (χ0) is 12.3. The third kappa shape index (κ3) is 3.03. The zero-order valence-corrected chi connectivity index (χ0v) is 9.87. The van der Waals surface area contributed by atoms with E-state index in [1.807, 2.05) is 6.92 Å². The maximum absolute atomic E-state index is 12.7. The second-order valence-corrected chi connectivity index (χ2v) is 4.55. The Hall–Kier alpha value is -1.42. The molecule has 0 aromatic heterocycles. The van der Waals surface area contributed by atoms with Crippen molar-refractivity contribution in [2.45, 2.75) is 13.5 Å². The van der Waals surface area contributed by atoms with Crippen molar-refractivity contribution in [2.75, 3.05) is 13.1 Å². The van der Waals surface area contributed by atoms with Gasteiger partial charge in [-0.2, -0.15) is 0 Å². The van der Waals surface area contributed by atoms with E-state index in [1.54, 1.807) is 12.1 Å². The predicted octanol–water partition coefficient (Wildman–Crippen LogP) is 1.30. The summed E-state index contributed by atoms with van der Waals surface area (Å²) in [6, 6.07) is 6.18. The number of hydrogen-bond donors (Lipinski definition) is 2. The Morgan fingerprint density at radius 2 is 2.12 bits per heavy atom. The van der Waals surface area contributed by atoms with E-state index in [4.69, 9.17) is 0 Å². The van der Waals surface area contributed by atoms with Gasteiger partial charge in [0, 0.05) is 12.5 Å². The van der Waals surface area contributed by atoms with E-state index in [0.717, 1.165) is 18.7 Å². The highest BCUT2D eigenvalue weighted by atomic mass is 19.1. The van der Waals surface area contributed by atoms with E-state index in [-0.39, 0.29) is 17.6 Å². The maximum Gasteiger partial charge on any atom is 0.223 e. The Morgan fingerprint density at radius 3 is 2.65 bits per heavy atom. The van der Waals surface area contributed by atoms with Gasteiger partial charge in [-0.25, -0.2) is 4.39 Å². The molecule has 1 saturated heterocycles. The number of halogens is 1. The molecule has 4 heteroatoms. The minimum atomic E-state index is -0.256. The molecular weight excluding hydrogens is 219 g/mol. The first-order chi connectivity index (χ1) is 8.16. The number of benzene rings is 1. The fourth-order valence-corrected chi connectivity index (χ4v) is 1.83. The molecular formula is C13H17FN2O. The van der Waals surface area contributed by atoms with E-state index >= 15 is 0 Å². The molecule has 1 atom stereocenters. The average Bonchev–Trinajstić information content (AvgIpc) is 2.25. The van der Waals surface area contributed by atoms with Crippen molar-refractivity contribution >= 4 is 5.91 Å². The molecule has 0 aliphatic carbocycles. The van der Waals surface area contributed by atoms with Gasteiger partial charge in [0.15, 0.2) is 0 Å². The van der Waals surface area contributed by atoms with Crippen LogP contribution in [0, 0.1) is 17.7 Å². The van der Waals surface area contributed by atoms with Crippen LogP contribution in [0.25, 0.3) is 0 Å².